The Morgan fingerprint density at radius 2 is 2.00 bits per heavy atom. The van der Waals surface area contributed by atoms with Gasteiger partial charge in [0.05, 0.1) is 18.7 Å². The van der Waals surface area contributed by atoms with Crippen LogP contribution in [-0.4, -0.2) is 25.1 Å². The molecule has 124 valence electrons. The van der Waals surface area contributed by atoms with E-state index in [1.807, 2.05) is 31.2 Å². The van der Waals surface area contributed by atoms with Gasteiger partial charge in [0, 0.05) is 0 Å². The maximum Gasteiger partial charge on any atom is 0.237 e. The van der Waals surface area contributed by atoms with Crippen molar-refractivity contribution < 1.29 is 9.53 Å². The molecule has 0 spiro atoms. The molecule has 2 N–H and O–H groups in total. The van der Waals surface area contributed by atoms with Gasteiger partial charge in [0.15, 0.2) is 0 Å². The molecule has 4 nitrogen and oxygen atoms in total. The molecule has 1 fully saturated rings. The van der Waals surface area contributed by atoms with Gasteiger partial charge in [-0.25, -0.2) is 0 Å². The van der Waals surface area contributed by atoms with E-state index in [1.54, 1.807) is 0 Å². The largest absolute Gasteiger partial charge is 0.493 e. The van der Waals surface area contributed by atoms with Crippen LogP contribution in [0, 0.1) is 5.92 Å². The van der Waals surface area contributed by atoms with Crippen molar-refractivity contribution in [2.24, 2.45) is 5.92 Å². The van der Waals surface area contributed by atoms with E-state index >= 15 is 0 Å². The van der Waals surface area contributed by atoms with Crippen LogP contribution in [0.2, 0.25) is 0 Å². The van der Waals surface area contributed by atoms with Crippen molar-refractivity contribution in [3.63, 3.8) is 0 Å². The summed E-state index contributed by atoms with van der Waals surface area (Å²) >= 11 is 0. The summed E-state index contributed by atoms with van der Waals surface area (Å²) in [6.45, 7) is 7.93. The zero-order chi connectivity index (χ0) is 15.2. The van der Waals surface area contributed by atoms with Gasteiger partial charge in [0.1, 0.15) is 5.75 Å². The highest BCUT2D eigenvalue weighted by atomic mass is 35.5. The Morgan fingerprint density at radius 3 is 2.55 bits per heavy atom. The van der Waals surface area contributed by atoms with Gasteiger partial charge in [-0.3, -0.25) is 4.79 Å². The Balaban J connectivity index is 0.00000242. The Kier molecular flexibility index (Phi) is 7.69. The number of hydrogen-bond acceptors (Lipinski definition) is 3. The number of benzene rings is 1. The lowest BCUT2D eigenvalue weighted by molar-refractivity contribution is -0.123. The highest BCUT2D eigenvalue weighted by Gasteiger charge is 2.23. The fraction of sp³-hybridized carbons (Fsp3) is 0.588. The molecule has 1 aromatic carbocycles. The third-order valence-electron chi connectivity index (χ3n) is 3.70. The number of nitrogens with one attached hydrogen (secondary N) is 2. The molecule has 0 aromatic heterocycles. The molecule has 1 aromatic rings. The topological polar surface area (TPSA) is 50.4 Å². The average molecular weight is 327 g/mol. The van der Waals surface area contributed by atoms with Crippen LogP contribution >= 0.6 is 12.4 Å². The summed E-state index contributed by atoms with van der Waals surface area (Å²) < 4.78 is 5.67. The van der Waals surface area contributed by atoms with Crippen LogP contribution in [0.4, 0.5) is 0 Å². The minimum atomic E-state index is -0.0268. The second-order valence-corrected chi connectivity index (χ2v) is 6.15. The molecule has 5 heteroatoms. The highest BCUT2D eigenvalue weighted by Crippen LogP contribution is 2.18. The Hall–Kier alpha value is -1.26. The van der Waals surface area contributed by atoms with Gasteiger partial charge >= 0.3 is 0 Å². The fourth-order valence-corrected chi connectivity index (χ4v) is 2.42. The first-order valence-corrected chi connectivity index (χ1v) is 7.83. The predicted molar refractivity (Wildman–Crippen MR) is 91.6 cm³/mol. The fourth-order valence-electron chi connectivity index (χ4n) is 2.42. The summed E-state index contributed by atoms with van der Waals surface area (Å²) in [6.07, 6.45) is 2.01. The van der Waals surface area contributed by atoms with Crippen molar-refractivity contribution in [2.45, 2.75) is 45.7 Å². The van der Waals surface area contributed by atoms with Crippen LogP contribution in [0.5, 0.6) is 5.75 Å². The first-order valence-electron chi connectivity index (χ1n) is 7.83. The second-order valence-electron chi connectivity index (χ2n) is 6.15. The Morgan fingerprint density at radius 1 is 1.32 bits per heavy atom. The predicted octanol–water partition coefficient (Wildman–Crippen LogP) is 3.07. The molecular weight excluding hydrogens is 300 g/mol. The number of hydrogen-bond donors (Lipinski definition) is 2. The molecule has 1 aliphatic rings. The zero-order valence-corrected chi connectivity index (χ0v) is 14.4. The van der Waals surface area contributed by atoms with E-state index in [0.29, 0.717) is 5.92 Å². The smallest absolute Gasteiger partial charge is 0.237 e. The van der Waals surface area contributed by atoms with Crippen LogP contribution < -0.4 is 15.4 Å². The van der Waals surface area contributed by atoms with Gasteiger partial charge in [0.2, 0.25) is 5.91 Å². The molecule has 0 radical (unpaired) electrons. The van der Waals surface area contributed by atoms with Crippen molar-refractivity contribution in [2.75, 3.05) is 13.2 Å². The molecule has 0 bridgehead atoms. The minimum Gasteiger partial charge on any atom is -0.493 e. The molecule has 2 unspecified atom stereocenters. The lowest BCUT2D eigenvalue weighted by Gasteiger charge is -2.18. The number of ether oxygens (including phenoxy) is 1. The first-order chi connectivity index (χ1) is 10.1. The molecule has 1 amide bonds. The standard InChI is InChI=1S/C17H26N2O2.ClH/c1-12(2)11-21-15-8-6-14(7-9-15)13(3)19-17(20)16-5-4-10-18-16;/h6-9,12-13,16,18H,4-5,10-11H2,1-3H3,(H,19,20);1H. The van der Waals surface area contributed by atoms with Crippen LogP contribution in [0.25, 0.3) is 0 Å². The van der Waals surface area contributed by atoms with Gasteiger partial charge in [-0.15, -0.1) is 12.4 Å². The molecule has 22 heavy (non-hydrogen) atoms. The zero-order valence-electron chi connectivity index (χ0n) is 13.6. The monoisotopic (exact) mass is 326 g/mol. The normalized spacial score (nSPS) is 18.6. The lowest BCUT2D eigenvalue weighted by Crippen LogP contribution is -2.41. The van der Waals surface area contributed by atoms with Crippen molar-refractivity contribution in [3.05, 3.63) is 29.8 Å². The van der Waals surface area contributed by atoms with E-state index in [4.69, 9.17) is 4.74 Å². The molecule has 1 heterocycles. The number of carbonyl (C=O) groups excluding carboxylic acids is 1. The Labute approximate surface area is 139 Å². The van der Waals surface area contributed by atoms with Gasteiger partial charge in [-0.05, 0) is 49.9 Å². The first kappa shape index (κ1) is 18.8. The highest BCUT2D eigenvalue weighted by molar-refractivity contribution is 5.85. The van der Waals surface area contributed by atoms with Crippen LogP contribution in [-0.2, 0) is 4.79 Å². The van der Waals surface area contributed by atoms with Crippen LogP contribution in [0.3, 0.4) is 0 Å². The van der Waals surface area contributed by atoms with E-state index in [-0.39, 0.29) is 30.4 Å². The summed E-state index contributed by atoms with van der Waals surface area (Å²) in [5.74, 6) is 1.49. The van der Waals surface area contributed by atoms with Crippen molar-refractivity contribution >= 4 is 18.3 Å². The van der Waals surface area contributed by atoms with Crippen molar-refractivity contribution in [1.82, 2.24) is 10.6 Å². The quantitative estimate of drug-likeness (QED) is 0.844. The molecule has 1 saturated heterocycles. The van der Waals surface area contributed by atoms with Crippen LogP contribution in [0.15, 0.2) is 24.3 Å². The van der Waals surface area contributed by atoms with E-state index in [9.17, 15) is 4.79 Å². The van der Waals surface area contributed by atoms with Gasteiger partial charge in [-0.1, -0.05) is 26.0 Å². The SMILES string of the molecule is CC(C)COc1ccc(C(C)NC(=O)C2CCCN2)cc1.Cl. The van der Waals surface area contributed by atoms with Crippen molar-refractivity contribution in [3.8, 4) is 5.75 Å². The number of amides is 1. The molecule has 0 aliphatic carbocycles. The summed E-state index contributed by atoms with van der Waals surface area (Å²) in [4.78, 5) is 12.1. The lowest BCUT2D eigenvalue weighted by atomic mass is 10.1. The van der Waals surface area contributed by atoms with E-state index < -0.39 is 0 Å². The minimum absolute atomic E-state index is 0. The molecule has 0 saturated carbocycles. The molecular formula is C17H27ClN2O2. The van der Waals surface area contributed by atoms with Crippen molar-refractivity contribution in [1.29, 1.82) is 0 Å². The second kappa shape index (κ2) is 9.01. The molecule has 1 aliphatic heterocycles. The number of halogens is 1. The molecule has 2 rings (SSSR count). The van der Waals surface area contributed by atoms with Gasteiger partial charge in [0.25, 0.3) is 0 Å². The van der Waals surface area contributed by atoms with E-state index in [1.165, 1.54) is 0 Å². The van der Waals surface area contributed by atoms with Crippen LogP contribution in [0.1, 0.15) is 45.2 Å². The van der Waals surface area contributed by atoms with Gasteiger partial charge in [-0.2, -0.15) is 0 Å². The maximum absolute atomic E-state index is 12.1. The maximum atomic E-state index is 12.1. The summed E-state index contributed by atoms with van der Waals surface area (Å²) in [7, 11) is 0. The van der Waals surface area contributed by atoms with E-state index in [2.05, 4.69) is 24.5 Å². The molecule has 2 atom stereocenters. The van der Waals surface area contributed by atoms with Gasteiger partial charge < -0.3 is 15.4 Å². The Bertz CT molecular complexity index is 456. The summed E-state index contributed by atoms with van der Waals surface area (Å²) in [5, 5.41) is 6.28. The third kappa shape index (κ3) is 5.50. The third-order valence-corrected chi connectivity index (χ3v) is 3.70. The summed E-state index contributed by atoms with van der Waals surface area (Å²) in [5.41, 5.74) is 1.10. The number of rotatable bonds is 6. The summed E-state index contributed by atoms with van der Waals surface area (Å²) in [6, 6.07) is 7.95. The number of carbonyl (C=O) groups is 1. The average Bonchev–Trinajstić information content (AvgIpc) is 3.00. The van der Waals surface area contributed by atoms with E-state index in [0.717, 1.165) is 37.3 Å².